The van der Waals surface area contributed by atoms with Crippen molar-refractivity contribution in [3.8, 4) is 0 Å². The molecule has 37 heavy (non-hydrogen) atoms. The molecule has 0 aliphatic carbocycles. The van der Waals surface area contributed by atoms with Crippen LogP contribution in [-0.2, 0) is 4.74 Å². The third-order valence-electron chi connectivity index (χ3n) is 6.60. The summed E-state index contributed by atoms with van der Waals surface area (Å²) in [5.41, 5.74) is 10.8. The van der Waals surface area contributed by atoms with Gasteiger partial charge in [-0.25, -0.2) is 9.80 Å². The fourth-order valence-electron chi connectivity index (χ4n) is 4.69. The number of benzene rings is 2. The van der Waals surface area contributed by atoms with Crippen molar-refractivity contribution in [2.45, 2.75) is 53.1 Å². The van der Waals surface area contributed by atoms with Crippen LogP contribution in [-0.4, -0.2) is 48.8 Å². The van der Waals surface area contributed by atoms with Crippen molar-refractivity contribution in [2.24, 2.45) is 0 Å². The highest BCUT2D eigenvalue weighted by atomic mass is 16.6. The molecule has 4 rings (SSSR count). The van der Waals surface area contributed by atoms with E-state index in [1.807, 2.05) is 57.0 Å². The standard InChI is InChI=1S/C30H38N4O3/c1-20-18-25(6-8-26(20)23-10-14-31-15-11-23)28(35)32-27-9-7-24(19-21(27)2)22-12-16-34(17-13-22)33-29(36)37-30(3,4)5/h6-10,12,18-19,31H,11,13-17H2,1-5H3,(H,32,35)(H,33,36). The number of aryl methyl sites for hydroxylation is 2. The minimum Gasteiger partial charge on any atom is -0.443 e. The second-order valence-corrected chi connectivity index (χ2v) is 10.7. The predicted molar refractivity (Wildman–Crippen MR) is 149 cm³/mol. The summed E-state index contributed by atoms with van der Waals surface area (Å²) in [4.78, 5) is 25.0. The predicted octanol–water partition coefficient (Wildman–Crippen LogP) is 5.46. The van der Waals surface area contributed by atoms with Gasteiger partial charge >= 0.3 is 6.09 Å². The molecular formula is C30H38N4O3. The van der Waals surface area contributed by atoms with Crippen molar-refractivity contribution in [1.29, 1.82) is 0 Å². The zero-order valence-electron chi connectivity index (χ0n) is 22.5. The van der Waals surface area contributed by atoms with E-state index in [2.05, 4.69) is 47.3 Å². The number of hydrogen-bond donors (Lipinski definition) is 3. The molecule has 0 radical (unpaired) electrons. The van der Waals surface area contributed by atoms with E-state index in [0.717, 1.165) is 48.3 Å². The Morgan fingerprint density at radius 2 is 1.78 bits per heavy atom. The molecule has 0 fully saturated rings. The molecule has 2 aromatic rings. The molecule has 2 heterocycles. The Bertz CT molecular complexity index is 1240. The Morgan fingerprint density at radius 3 is 2.41 bits per heavy atom. The van der Waals surface area contributed by atoms with Crippen molar-refractivity contribution in [1.82, 2.24) is 15.8 Å². The van der Waals surface area contributed by atoms with Crippen LogP contribution in [0.15, 0.2) is 48.6 Å². The molecule has 196 valence electrons. The fraction of sp³-hybridized carbons (Fsp3) is 0.400. The Balaban J connectivity index is 1.37. The van der Waals surface area contributed by atoms with Gasteiger partial charge in [0.15, 0.2) is 0 Å². The highest BCUT2D eigenvalue weighted by Gasteiger charge is 2.20. The third-order valence-corrected chi connectivity index (χ3v) is 6.60. The van der Waals surface area contributed by atoms with Gasteiger partial charge in [-0.3, -0.25) is 10.2 Å². The third kappa shape index (κ3) is 7.08. The van der Waals surface area contributed by atoms with Gasteiger partial charge in [0.2, 0.25) is 0 Å². The minimum atomic E-state index is -0.525. The number of carbonyl (C=O) groups is 2. The van der Waals surface area contributed by atoms with Gasteiger partial charge in [0.05, 0.1) is 0 Å². The first kappa shape index (κ1) is 26.6. The molecular weight excluding hydrogens is 464 g/mol. The SMILES string of the molecule is Cc1cc(C2=CCN(NC(=O)OC(C)(C)C)CC2)ccc1NC(=O)c1ccc(C2=CCNCC2)c(C)c1. The Labute approximate surface area is 219 Å². The van der Waals surface area contributed by atoms with Crippen LogP contribution < -0.4 is 16.1 Å². The molecule has 7 heteroatoms. The summed E-state index contributed by atoms with van der Waals surface area (Å²) < 4.78 is 5.33. The van der Waals surface area contributed by atoms with E-state index in [0.29, 0.717) is 18.7 Å². The topological polar surface area (TPSA) is 82.7 Å². The maximum absolute atomic E-state index is 13.0. The first-order valence-corrected chi connectivity index (χ1v) is 13.0. The average Bonchev–Trinajstić information content (AvgIpc) is 2.85. The van der Waals surface area contributed by atoms with E-state index in [1.54, 1.807) is 0 Å². The van der Waals surface area contributed by atoms with Gasteiger partial charge in [-0.15, -0.1) is 0 Å². The number of hydrogen-bond acceptors (Lipinski definition) is 5. The van der Waals surface area contributed by atoms with Crippen LogP contribution in [0.5, 0.6) is 0 Å². The van der Waals surface area contributed by atoms with Crippen molar-refractivity contribution < 1.29 is 14.3 Å². The van der Waals surface area contributed by atoms with Gasteiger partial charge < -0.3 is 15.4 Å². The molecule has 0 atom stereocenters. The second kappa shape index (κ2) is 11.3. The molecule has 2 amide bonds. The van der Waals surface area contributed by atoms with Gasteiger partial charge in [-0.1, -0.05) is 24.3 Å². The quantitative estimate of drug-likeness (QED) is 0.506. The Morgan fingerprint density at radius 1 is 0.973 bits per heavy atom. The molecule has 2 aromatic carbocycles. The first-order chi connectivity index (χ1) is 17.6. The summed E-state index contributed by atoms with van der Waals surface area (Å²) in [6, 6.07) is 12.1. The molecule has 0 saturated carbocycles. The lowest BCUT2D eigenvalue weighted by Gasteiger charge is -2.28. The summed E-state index contributed by atoms with van der Waals surface area (Å²) in [5.74, 6) is -0.106. The van der Waals surface area contributed by atoms with Gasteiger partial charge in [0, 0.05) is 30.9 Å². The van der Waals surface area contributed by atoms with Crippen LogP contribution in [0.4, 0.5) is 10.5 Å². The molecule has 0 bridgehead atoms. The number of hydrazine groups is 1. The summed E-state index contributed by atoms with van der Waals surface area (Å²) in [6.07, 6.45) is 5.73. The summed E-state index contributed by atoms with van der Waals surface area (Å²) in [6.45, 7) is 12.8. The van der Waals surface area contributed by atoms with E-state index >= 15 is 0 Å². The average molecular weight is 503 g/mol. The van der Waals surface area contributed by atoms with E-state index in [-0.39, 0.29) is 5.91 Å². The van der Waals surface area contributed by atoms with Crippen LogP contribution in [0.25, 0.3) is 11.1 Å². The highest BCUT2D eigenvalue weighted by Crippen LogP contribution is 2.27. The maximum atomic E-state index is 13.0. The lowest BCUT2D eigenvalue weighted by Crippen LogP contribution is -2.46. The summed E-state index contributed by atoms with van der Waals surface area (Å²) in [7, 11) is 0. The molecule has 0 spiro atoms. The van der Waals surface area contributed by atoms with E-state index in [1.165, 1.54) is 16.7 Å². The van der Waals surface area contributed by atoms with Crippen molar-refractivity contribution in [3.05, 3.63) is 76.4 Å². The second-order valence-electron chi connectivity index (χ2n) is 10.7. The highest BCUT2D eigenvalue weighted by molar-refractivity contribution is 6.05. The first-order valence-electron chi connectivity index (χ1n) is 13.0. The number of nitrogens with one attached hydrogen (secondary N) is 3. The van der Waals surface area contributed by atoms with E-state index in [9.17, 15) is 9.59 Å². The van der Waals surface area contributed by atoms with Crippen LogP contribution >= 0.6 is 0 Å². The Kier molecular flexibility index (Phi) is 8.15. The van der Waals surface area contributed by atoms with Gasteiger partial charge in [-0.05, 0) is 112 Å². The number of anilines is 1. The van der Waals surface area contributed by atoms with E-state index < -0.39 is 11.7 Å². The Hall–Kier alpha value is -3.42. The molecule has 0 saturated heterocycles. The molecule has 0 aromatic heterocycles. The van der Waals surface area contributed by atoms with Gasteiger partial charge in [0.25, 0.3) is 5.91 Å². The molecule has 3 N–H and O–H groups in total. The smallest absolute Gasteiger partial charge is 0.422 e. The number of nitrogens with zero attached hydrogens (tertiary/aromatic N) is 1. The normalized spacial score (nSPS) is 16.5. The van der Waals surface area contributed by atoms with Crippen molar-refractivity contribution >= 4 is 28.8 Å². The van der Waals surface area contributed by atoms with Crippen LogP contribution in [0.1, 0.15) is 66.2 Å². The van der Waals surface area contributed by atoms with Crippen LogP contribution in [0.2, 0.25) is 0 Å². The molecule has 2 aliphatic heterocycles. The largest absolute Gasteiger partial charge is 0.443 e. The van der Waals surface area contributed by atoms with E-state index in [4.69, 9.17) is 4.74 Å². The maximum Gasteiger partial charge on any atom is 0.422 e. The van der Waals surface area contributed by atoms with Gasteiger partial charge in [-0.2, -0.15) is 0 Å². The molecule has 0 unspecified atom stereocenters. The minimum absolute atomic E-state index is 0.106. The van der Waals surface area contributed by atoms with Gasteiger partial charge in [0.1, 0.15) is 5.60 Å². The summed E-state index contributed by atoms with van der Waals surface area (Å²) in [5, 5.41) is 8.27. The molecule has 2 aliphatic rings. The zero-order valence-corrected chi connectivity index (χ0v) is 22.5. The number of carbonyl (C=O) groups excluding carboxylic acids is 2. The lowest BCUT2D eigenvalue weighted by atomic mass is 9.94. The lowest BCUT2D eigenvalue weighted by molar-refractivity contribution is 0.0346. The summed E-state index contributed by atoms with van der Waals surface area (Å²) >= 11 is 0. The number of rotatable bonds is 5. The van der Waals surface area contributed by atoms with Crippen LogP contribution in [0, 0.1) is 13.8 Å². The number of ether oxygens (including phenoxy) is 1. The van der Waals surface area contributed by atoms with Crippen molar-refractivity contribution in [3.63, 3.8) is 0 Å². The molecule has 7 nitrogen and oxygen atoms in total. The monoisotopic (exact) mass is 502 g/mol. The number of amides is 2. The van der Waals surface area contributed by atoms with Crippen molar-refractivity contribution in [2.75, 3.05) is 31.5 Å². The van der Waals surface area contributed by atoms with Crippen LogP contribution in [0.3, 0.4) is 0 Å². The zero-order chi connectivity index (χ0) is 26.6. The fourth-order valence-corrected chi connectivity index (χ4v) is 4.69.